The summed E-state index contributed by atoms with van der Waals surface area (Å²) >= 11 is 0. The van der Waals surface area contributed by atoms with Gasteiger partial charge in [-0.1, -0.05) is 27.7 Å². The zero-order valence-corrected chi connectivity index (χ0v) is 43.9. The van der Waals surface area contributed by atoms with E-state index in [1.54, 1.807) is 12.5 Å². The molecule has 8 saturated carbocycles. The van der Waals surface area contributed by atoms with Crippen molar-refractivity contribution in [1.29, 1.82) is 0 Å². The Hall–Kier alpha value is -4.21. The number of nitrogens with one attached hydrogen (secondary N) is 2. The normalized spacial score (nSPS) is 42.5. The smallest absolute Gasteiger partial charge is 0.410 e. The van der Waals surface area contributed by atoms with Crippen molar-refractivity contribution in [2.45, 2.75) is 191 Å². The van der Waals surface area contributed by atoms with Crippen LogP contribution in [-0.4, -0.2) is 94.5 Å². The van der Waals surface area contributed by atoms with Crippen molar-refractivity contribution < 1.29 is 48.0 Å². The highest BCUT2D eigenvalue weighted by Gasteiger charge is 2.69. The Bertz CT molecular complexity index is 2430. The van der Waals surface area contributed by atoms with Crippen LogP contribution in [0.15, 0.2) is 55.2 Å². The van der Waals surface area contributed by atoms with Crippen molar-refractivity contribution in [3.8, 4) is 0 Å². The Morgan fingerprint density at radius 3 is 1.60 bits per heavy atom. The van der Waals surface area contributed by atoms with Crippen molar-refractivity contribution in [2.75, 3.05) is 32.7 Å². The number of fused-ring (bicyclic) bond motifs is 10. The van der Waals surface area contributed by atoms with Crippen molar-refractivity contribution in [1.82, 2.24) is 15.5 Å². The van der Waals surface area contributed by atoms with E-state index in [2.05, 4.69) is 38.3 Å². The second kappa shape index (κ2) is 20.1. The van der Waals surface area contributed by atoms with Crippen LogP contribution in [0, 0.1) is 57.2 Å². The van der Waals surface area contributed by atoms with Crippen molar-refractivity contribution in [2.24, 2.45) is 57.2 Å². The summed E-state index contributed by atoms with van der Waals surface area (Å²) in [7, 11) is 0. The van der Waals surface area contributed by atoms with Gasteiger partial charge in [-0.25, -0.2) is 19.2 Å². The van der Waals surface area contributed by atoms with Gasteiger partial charge in [0.15, 0.2) is 0 Å². The minimum atomic E-state index is -0.869. The molecule has 1 saturated heterocycles. The summed E-state index contributed by atoms with van der Waals surface area (Å²) in [6.07, 6.45) is 20.3. The molecule has 2 amide bonds. The quantitative estimate of drug-likeness (QED) is 0.156. The number of hydrogen-bond acceptors (Lipinski definition) is 12. The Morgan fingerprint density at radius 1 is 0.644 bits per heavy atom. The number of carboxylic acid groups (broad SMARTS) is 1. The molecule has 8 aliphatic carbocycles. The van der Waals surface area contributed by atoms with Crippen LogP contribution >= 0.6 is 0 Å². The molecule has 9 fully saturated rings. The highest BCUT2D eigenvalue weighted by molar-refractivity contribution is 5.68. The van der Waals surface area contributed by atoms with Gasteiger partial charge in [-0.2, -0.15) is 0 Å². The first-order valence-corrected chi connectivity index (χ1v) is 28.3. The molecule has 402 valence electrons. The number of aliphatic hydroxyl groups is 2. The molecule has 9 aliphatic rings. The minimum Gasteiger partial charge on any atom is -0.481 e. The first-order chi connectivity index (χ1) is 34.8. The van der Waals surface area contributed by atoms with E-state index in [1.165, 1.54) is 12.1 Å². The van der Waals surface area contributed by atoms with Crippen molar-refractivity contribution in [3.63, 3.8) is 0 Å². The Morgan fingerprint density at radius 2 is 1.14 bits per heavy atom. The van der Waals surface area contributed by atoms with E-state index in [0.717, 1.165) is 153 Å². The molecular weight excluding hydrogens is 931 g/mol. The molecule has 0 bridgehead atoms. The fraction of sp³-hybridized carbons (Fsp3) is 0.776. The molecule has 15 heteroatoms. The van der Waals surface area contributed by atoms with Gasteiger partial charge in [0.2, 0.25) is 0 Å². The summed E-state index contributed by atoms with van der Waals surface area (Å²) in [4.78, 5) is 60.5. The lowest BCUT2D eigenvalue weighted by molar-refractivity contribution is -0.205. The van der Waals surface area contributed by atoms with E-state index in [1.807, 2.05) is 17.0 Å². The maximum atomic E-state index is 12.7. The summed E-state index contributed by atoms with van der Waals surface area (Å²) in [6, 6.07) is 6.79. The highest BCUT2D eigenvalue weighted by Crippen LogP contribution is 2.72. The molecular formula is C58H83N3O12. The fourth-order valence-electron chi connectivity index (χ4n) is 18.5. The molecule has 5 N–H and O–H groups in total. The summed E-state index contributed by atoms with van der Waals surface area (Å²) in [6.45, 7) is 12.8. The molecule has 0 radical (unpaired) electrons. The number of amides is 2. The summed E-state index contributed by atoms with van der Waals surface area (Å²) in [5.74, 6) is 2.05. The van der Waals surface area contributed by atoms with Crippen molar-refractivity contribution >= 4 is 18.2 Å². The van der Waals surface area contributed by atoms with Crippen LogP contribution in [0.2, 0.25) is 0 Å². The molecule has 0 spiro atoms. The zero-order chi connectivity index (χ0) is 51.6. The van der Waals surface area contributed by atoms with Crippen LogP contribution in [0.25, 0.3) is 0 Å². The Kier molecular flexibility index (Phi) is 14.4. The van der Waals surface area contributed by atoms with Gasteiger partial charge in [0.1, 0.15) is 12.2 Å². The third kappa shape index (κ3) is 9.18. The summed E-state index contributed by atoms with van der Waals surface area (Å²) in [5.41, 5.74) is -0.124. The Balaban J connectivity index is 0.000000168. The van der Waals surface area contributed by atoms with Crippen LogP contribution in [0.5, 0.6) is 0 Å². The van der Waals surface area contributed by atoms with Gasteiger partial charge in [0.05, 0.1) is 23.7 Å². The number of carboxylic acids is 1. The topological polar surface area (TPSA) is 218 Å². The number of piperazine rings is 1. The molecule has 15 nitrogen and oxygen atoms in total. The van der Waals surface area contributed by atoms with E-state index >= 15 is 0 Å². The molecule has 2 aromatic heterocycles. The fourth-order valence-corrected chi connectivity index (χ4v) is 18.5. The number of ether oxygens (including phenoxy) is 2. The number of carbonyl (C=O) groups excluding carboxylic acids is 2. The lowest BCUT2D eigenvalue weighted by Gasteiger charge is -2.63. The summed E-state index contributed by atoms with van der Waals surface area (Å²) < 4.78 is 22.2. The zero-order valence-electron chi connectivity index (χ0n) is 43.9. The van der Waals surface area contributed by atoms with Gasteiger partial charge in [0.25, 0.3) is 0 Å². The lowest BCUT2D eigenvalue weighted by Crippen LogP contribution is -2.62. The first-order valence-electron chi connectivity index (χ1n) is 28.3. The first kappa shape index (κ1) is 52.2. The number of aliphatic carboxylic acids is 1. The monoisotopic (exact) mass is 1010 g/mol. The average molecular weight is 1010 g/mol. The molecule has 73 heavy (non-hydrogen) atoms. The number of carbonyl (C=O) groups is 3. The predicted molar refractivity (Wildman–Crippen MR) is 272 cm³/mol. The number of alkyl carbamates (subject to hydrolysis) is 1. The van der Waals surface area contributed by atoms with Gasteiger partial charge in [-0.15, -0.1) is 0 Å². The van der Waals surface area contributed by atoms with Crippen LogP contribution in [-0.2, 0) is 14.3 Å². The molecule has 3 heterocycles. The third-order valence-corrected chi connectivity index (χ3v) is 22.6. The van der Waals surface area contributed by atoms with E-state index < -0.39 is 23.3 Å². The predicted octanol–water partition coefficient (Wildman–Crippen LogP) is 9.13. The molecule has 16 atom stereocenters. The summed E-state index contributed by atoms with van der Waals surface area (Å²) in [5, 5.41) is 39.5. The molecule has 2 aromatic rings. The van der Waals surface area contributed by atoms with E-state index in [-0.39, 0.29) is 75.4 Å². The van der Waals surface area contributed by atoms with E-state index in [9.17, 15) is 34.2 Å². The Labute approximate surface area is 430 Å². The number of hydrogen-bond donors (Lipinski definition) is 5. The van der Waals surface area contributed by atoms with Crippen LogP contribution < -0.4 is 21.9 Å². The van der Waals surface area contributed by atoms with Crippen LogP contribution in [0.4, 0.5) is 9.59 Å². The maximum absolute atomic E-state index is 12.7. The SMILES string of the molecule is C[C@]12CC[C@H](OC(=O)N3CCNCC3)C[C@H]1CC[C@@H]1[C@@H]2CC[C@]2(C)[C@@H](c3ccc(=O)oc3)CC[C@]12O.C[C@]12CC[C@H](OC(=O)NCCCC(=O)O)C[C@H]1CC[C@@H]1[C@@H]2CC[C@]2(C)[C@@H](c3ccc(=O)oc3)CC[C@]12O. The van der Waals surface area contributed by atoms with Gasteiger partial charge < -0.3 is 49.2 Å². The lowest BCUT2D eigenvalue weighted by atomic mass is 9.43. The molecule has 11 rings (SSSR count). The average Bonchev–Trinajstić information content (AvgIpc) is 3.82. The van der Waals surface area contributed by atoms with Gasteiger partial charge in [-0.05, 0) is 203 Å². The third-order valence-electron chi connectivity index (χ3n) is 22.6. The number of nitrogens with zero attached hydrogens (tertiary/aromatic N) is 1. The van der Waals surface area contributed by atoms with Gasteiger partial charge >= 0.3 is 29.4 Å². The van der Waals surface area contributed by atoms with Crippen molar-refractivity contribution in [3.05, 3.63) is 68.8 Å². The number of rotatable bonds is 8. The van der Waals surface area contributed by atoms with E-state index in [4.69, 9.17) is 23.4 Å². The van der Waals surface area contributed by atoms with E-state index in [0.29, 0.717) is 42.6 Å². The van der Waals surface area contributed by atoms with Crippen LogP contribution in [0.3, 0.4) is 0 Å². The van der Waals surface area contributed by atoms with Gasteiger partial charge in [-0.3, -0.25) is 4.79 Å². The second-order valence-electron chi connectivity index (χ2n) is 25.4. The minimum absolute atomic E-state index is 0.0163. The van der Waals surface area contributed by atoms with Crippen LogP contribution in [0.1, 0.15) is 179 Å². The highest BCUT2D eigenvalue weighted by atomic mass is 16.6. The maximum Gasteiger partial charge on any atom is 0.410 e. The van der Waals surface area contributed by atoms with Gasteiger partial charge in [0, 0.05) is 62.1 Å². The molecule has 1 aliphatic heterocycles. The largest absolute Gasteiger partial charge is 0.481 e. The molecule has 0 unspecified atom stereocenters. The molecule has 0 aromatic carbocycles. The second-order valence-corrected chi connectivity index (χ2v) is 25.4. The standard InChI is InChI=1S/C29H42N2O5.C29H41NO7/c1-27-10-7-21(36-26(33)31-15-13-30-14-16-31)17-20(27)4-5-24-23(27)8-11-28(2)22(9-12-29(24,28)34)19-3-6-25(32)35-18-19;1-27-12-9-20(37-26(34)30-15-3-4-24(31)32)16-19(27)6-7-23-22(27)10-13-28(2)21(11-14-29(23,28)35)18-5-8-25(33)36-17-18/h3,6,18,20-24,30,34H,4-5,7-17H2,1-2H3;5,8,17,19-23,35H,3-4,6-7,9-16H2,1-2H3,(H,30,34)(H,31,32)/t20-,21+,22-,23+,24-,27+,28-,29+;19-,20+,21-,22+,23-,27+,28-,29+/m11/s1.